The highest BCUT2D eigenvalue weighted by molar-refractivity contribution is 6.02. The number of benzene rings is 1. The van der Waals surface area contributed by atoms with E-state index in [9.17, 15) is 9.59 Å². The largest absolute Gasteiger partial charge is 0.365 e. The molecule has 1 atom stereocenters. The molecule has 0 saturated carbocycles. The van der Waals surface area contributed by atoms with Crippen molar-refractivity contribution in [2.45, 2.75) is 32.9 Å². The zero-order valence-corrected chi connectivity index (χ0v) is 17.4. The number of aryl methyl sites for hydroxylation is 1. The number of carbonyl (C=O) groups excluding carboxylic acids is 1. The molecule has 0 fully saturated rings. The Hall–Kier alpha value is -3.39. The van der Waals surface area contributed by atoms with Gasteiger partial charge >= 0.3 is 5.69 Å². The number of hydrogen-bond acceptors (Lipinski definition) is 6. The predicted molar refractivity (Wildman–Crippen MR) is 114 cm³/mol. The number of ether oxygens (including phenoxy) is 1. The predicted octanol–water partition coefficient (Wildman–Crippen LogP) is 3.20. The third-order valence-electron chi connectivity index (χ3n) is 5.23. The highest BCUT2D eigenvalue weighted by Gasteiger charge is 2.18. The highest BCUT2D eigenvalue weighted by atomic mass is 16.5. The number of fused-ring (bicyclic) bond motifs is 3. The van der Waals surface area contributed by atoms with Crippen molar-refractivity contribution in [2.24, 2.45) is 7.05 Å². The van der Waals surface area contributed by atoms with Crippen LogP contribution in [0.1, 0.15) is 38.6 Å². The molecule has 0 N–H and O–H groups in total. The SMILES string of the molecule is CC(OCC=O)c1ccc(-c2ccc3nnc4c(c3c2)n(C(C)C)c(=O)n4C)cn1. The van der Waals surface area contributed by atoms with Gasteiger partial charge in [0.25, 0.3) is 0 Å². The number of rotatable bonds is 6. The van der Waals surface area contributed by atoms with Gasteiger partial charge in [0.2, 0.25) is 0 Å². The zero-order chi connectivity index (χ0) is 21.4. The molecule has 0 amide bonds. The molecule has 0 saturated heterocycles. The van der Waals surface area contributed by atoms with E-state index in [0.29, 0.717) is 5.65 Å². The number of imidazole rings is 1. The minimum atomic E-state index is -0.263. The zero-order valence-electron chi connectivity index (χ0n) is 17.4. The first-order chi connectivity index (χ1) is 14.4. The number of pyridine rings is 1. The summed E-state index contributed by atoms with van der Waals surface area (Å²) in [5.41, 5.74) is 4.62. The van der Waals surface area contributed by atoms with Crippen LogP contribution in [0.4, 0.5) is 0 Å². The Morgan fingerprint density at radius 1 is 1.10 bits per heavy atom. The summed E-state index contributed by atoms with van der Waals surface area (Å²) in [7, 11) is 1.71. The number of carbonyl (C=O) groups is 1. The van der Waals surface area contributed by atoms with E-state index in [-0.39, 0.29) is 24.4 Å². The quantitative estimate of drug-likeness (QED) is 0.458. The van der Waals surface area contributed by atoms with Crippen LogP contribution in [0.25, 0.3) is 33.2 Å². The molecule has 3 heterocycles. The lowest BCUT2D eigenvalue weighted by atomic mass is 10.0. The van der Waals surface area contributed by atoms with E-state index in [1.165, 1.54) is 4.57 Å². The number of aldehydes is 1. The molecule has 3 aromatic heterocycles. The molecule has 0 aliphatic heterocycles. The van der Waals surface area contributed by atoms with Crippen LogP contribution in [0.15, 0.2) is 41.3 Å². The van der Waals surface area contributed by atoms with Crippen molar-refractivity contribution >= 4 is 28.4 Å². The van der Waals surface area contributed by atoms with Gasteiger partial charge in [0.05, 0.1) is 17.3 Å². The first-order valence-electron chi connectivity index (χ1n) is 9.81. The lowest BCUT2D eigenvalue weighted by Crippen LogP contribution is -2.23. The smallest absolute Gasteiger partial charge is 0.330 e. The summed E-state index contributed by atoms with van der Waals surface area (Å²) in [6.07, 6.45) is 2.24. The third-order valence-corrected chi connectivity index (χ3v) is 5.23. The molecule has 30 heavy (non-hydrogen) atoms. The summed E-state index contributed by atoms with van der Waals surface area (Å²) < 4.78 is 8.68. The summed E-state index contributed by atoms with van der Waals surface area (Å²) in [4.78, 5) is 27.7. The van der Waals surface area contributed by atoms with Gasteiger partial charge in [0.15, 0.2) is 5.65 Å². The standard InChI is InChI=1S/C22H23N5O3/c1-13(2)27-20-17-11-15(5-8-19(17)24-25-21(20)26(4)22(27)29)16-6-7-18(23-12-16)14(3)30-10-9-28/h5-9,11-14H,10H2,1-4H3. The molecule has 0 bridgehead atoms. The van der Waals surface area contributed by atoms with Crippen molar-refractivity contribution in [3.8, 4) is 11.1 Å². The highest BCUT2D eigenvalue weighted by Crippen LogP contribution is 2.29. The molecule has 8 heteroatoms. The van der Waals surface area contributed by atoms with Crippen LogP contribution in [0, 0.1) is 0 Å². The van der Waals surface area contributed by atoms with Crippen LogP contribution in [-0.4, -0.2) is 37.2 Å². The van der Waals surface area contributed by atoms with Gasteiger partial charge in [-0.3, -0.25) is 14.1 Å². The molecule has 4 rings (SSSR count). The minimum Gasteiger partial charge on any atom is -0.365 e. The molecular formula is C22H23N5O3. The molecular weight excluding hydrogens is 382 g/mol. The average Bonchev–Trinajstić information content (AvgIpc) is 3.02. The summed E-state index contributed by atoms with van der Waals surface area (Å²) in [6, 6.07) is 9.74. The Bertz CT molecular complexity index is 1290. The van der Waals surface area contributed by atoms with Crippen LogP contribution in [-0.2, 0) is 16.6 Å². The molecule has 8 nitrogen and oxygen atoms in total. The minimum absolute atomic E-state index is 0.00828. The Morgan fingerprint density at radius 3 is 2.53 bits per heavy atom. The second kappa shape index (κ2) is 7.79. The van der Waals surface area contributed by atoms with Crippen LogP contribution in [0.2, 0.25) is 0 Å². The van der Waals surface area contributed by atoms with Crippen molar-refractivity contribution in [1.29, 1.82) is 0 Å². The number of aromatic nitrogens is 5. The van der Waals surface area contributed by atoms with Gasteiger partial charge in [-0.05, 0) is 44.5 Å². The van der Waals surface area contributed by atoms with E-state index in [1.54, 1.807) is 17.8 Å². The van der Waals surface area contributed by atoms with Crippen LogP contribution < -0.4 is 5.69 Å². The van der Waals surface area contributed by atoms with Gasteiger partial charge in [0.1, 0.15) is 18.4 Å². The topological polar surface area (TPSA) is 91.9 Å². The third kappa shape index (κ3) is 3.29. The van der Waals surface area contributed by atoms with Gasteiger partial charge in [-0.25, -0.2) is 4.79 Å². The Balaban J connectivity index is 1.83. The second-order valence-corrected chi connectivity index (χ2v) is 7.52. The molecule has 0 spiro atoms. The monoisotopic (exact) mass is 405 g/mol. The van der Waals surface area contributed by atoms with E-state index in [0.717, 1.165) is 39.5 Å². The maximum absolute atomic E-state index is 12.7. The maximum Gasteiger partial charge on any atom is 0.330 e. The van der Waals surface area contributed by atoms with E-state index >= 15 is 0 Å². The van der Waals surface area contributed by atoms with Crippen molar-refractivity contribution in [3.05, 3.63) is 52.7 Å². The van der Waals surface area contributed by atoms with Crippen molar-refractivity contribution in [3.63, 3.8) is 0 Å². The lowest BCUT2D eigenvalue weighted by Gasteiger charge is -2.12. The fraction of sp³-hybridized carbons (Fsp3) is 0.318. The molecule has 0 aliphatic carbocycles. The molecule has 0 aliphatic rings. The van der Waals surface area contributed by atoms with Crippen molar-refractivity contribution in [1.82, 2.24) is 24.3 Å². The van der Waals surface area contributed by atoms with E-state index in [4.69, 9.17) is 4.74 Å². The van der Waals surface area contributed by atoms with Gasteiger partial charge in [0, 0.05) is 30.2 Å². The van der Waals surface area contributed by atoms with E-state index in [1.807, 2.05) is 51.1 Å². The number of nitrogens with zero attached hydrogens (tertiary/aromatic N) is 5. The lowest BCUT2D eigenvalue weighted by molar-refractivity contribution is -0.113. The molecule has 1 unspecified atom stereocenters. The Kier molecular flexibility index (Phi) is 5.17. The fourth-order valence-corrected chi connectivity index (χ4v) is 3.64. The summed E-state index contributed by atoms with van der Waals surface area (Å²) >= 11 is 0. The van der Waals surface area contributed by atoms with Crippen LogP contribution in [0.3, 0.4) is 0 Å². The molecule has 0 radical (unpaired) electrons. The summed E-state index contributed by atoms with van der Waals surface area (Å²) in [6.45, 7) is 5.86. The summed E-state index contributed by atoms with van der Waals surface area (Å²) in [5.74, 6) is 0. The number of hydrogen-bond donors (Lipinski definition) is 0. The van der Waals surface area contributed by atoms with Crippen molar-refractivity contribution < 1.29 is 9.53 Å². The molecule has 1 aromatic carbocycles. The van der Waals surface area contributed by atoms with Gasteiger partial charge in [-0.2, -0.15) is 0 Å². The normalized spacial score (nSPS) is 12.7. The van der Waals surface area contributed by atoms with Gasteiger partial charge in [-0.15, -0.1) is 10.2 Å². The van der Waals surface area contributed by atoms with Crippen LogP contribution >= 0.6 is 0 Å². The molecule has 4 aromatic rings. The van der Waals surface area contributed by atoms with Crippen LogP contribution in [0.5, 0.6) is 0 Å². The Morgan fingerprint density at radius 2 is 1.87 bits per heavy atom. The van der Waals surface area contributed by atoms with E-state index in [2.05, 4.69) is 15.2 Å². The first kappa shape index (κ1) is 19.9. The van der Waals surface area contributed by atoms with Crippen molar-refractivity contribution in [2.75, 3.05) is 6.61 Å². The van der Waals surface area contributed by atoms with Gasteiger partial charge in [-0.1, -0.05) is 12.1 Å². The maximum atomic E-state index is 12.7. The fourth-order valence-electron chi connectivity index (χ4n) is 3.64. The van der Waals surface area contributed by atoms with Gasteiger partial charge < -0.3 is 9.53 Å². The molecule has 154 valence electrons. The first-order valence-corrected chi connectivity index (χ1v) is 9.81. The average molecular weight is 405 g/mol. The second-order valence-electron chi connectivity index (χ2n) is 7.52. The Labute approximate surface area is 173 Å². The van der Waals surface area contributed by atoms with E-state index < -0.39 is 0 Å². The summed E-state index contributed by atoms with van der Waals surface area (Å²) in [5, 5.41) is 9.44.